The van der Waals surface area contributed by atoms with Crippen LogP contribution in [0.4, 0.5) is 0 Å². The number of rotatable bonds is 4. The predicted molar refractivity (Wildman–Crippen MR) is 93.4 cm³/mol. The maximum Gasteiger partial charge on any atom is 0.0406 e. The lowest BCUT2D eigenvalue weighted by Crippen LogP contribution is -2.51. The molecule has 1 unspecified atom stereocenters. The monoisotopic (exact) mass is 314 g/mol. The number of nitrogens with one attached hydrogen (secondary N) is 1. The van der Waals surface area contributed by atoms with Gasteiger partial charge < -0.3 is 5.32 Å². The van der Waals surface area contributed by atoms with E-state index in [2.05, 4.69) is 53.5 Å². The van der Waals surface area contributed by atoms with Crippen molar-refractivity contribution in [2.45, 2.75) is 25.9 Å². The van der Waals surface area contributed by atoms with E-state index in [1.54, 1.807) is 0 Å². The summed E-state index contributed by atoms with van der Waals surface area (Å²) in [7, 11) is 0. The van der Waals surface area contributed by atoms with Gasteiger partial charge in [0.15, 0.2) is 0 Å². The summed E-state index contributed by atoms with van der Waals surface area (Å²) in [6.45, 7) is 6.35. The molecule has 1 heterocycles. The third-order valence-electron chi connectivity index (χ3n) is 4.36. The van der Waals surface area contributed by atoms with Crippen LogP contribution in [0.2, 0.25) is 5.02 Å². The van der Waals surface area contributed by atoms with Gasteiger partial charge in [-0.3, -0.25) is 4.90 Å². The molecule has 0 bridgehead atoms. The topological polar surface area (TPSA) is 15.3 Å². The molecule has 1 N–H and O–H groups in total. The first-order chi connectivity index (χ1) is 10.7. The van der Waals surface area contributed by atoms with Gasteiger partial charge in [-0.25, -0.2) is 0 Å². The van der Waals surface area contributed by atoms with E-state index in [-0.39, 0.29) is 0 Å². The molecule has 1 atom stereocenters. The standard InChI is InChI=1S/C19H23ClN2/c1-15-2-4-16(5-3-15)12-19-13-21-10-11-22(19)14-17-6-8-18(20)9-7-17/h2-9,19,21H,10-14H2,1H3. The van der Waals surface area contributed by atoms with Crippen molar-refractivity contribution in [3.63, 3.8) is 0 Å². The van der Waals surface area contributed by atoms with Gasteiger partial charge in [-0.15, -0.1) is 0 Å². The van der Waals surface area contributed by atoms with Crippen LogP contribution in [0.1, 0.15) is 16.7 Å². The molecule has 3 heteroatoms. The van der Waals surface area contributed by atoms with E-state index in [0.29, 0.717) is 6.04 Å². The van der Waals surface area contributed by atoms with Crippen molar-refractivity contribution >= 4 is 11.6 Å². The molecular formula is C19H23ClN2. The molecule has 1 saturated heterocycles. The molecular weight excluding hydrogens is 292 g/mol. The van der Waals surface area contributed by atoms with Gasteiger partial charge in [-0.2, -0.15) is 0 Å². The first-order valence-corrected chi connectivity index (χ1v) is 8.33. The first kappa shape index (κ1) is 15.5. The molecule has 2 aromatic carbocycles. The van der Waals surface area contributed by atoms with Crippen LogP contribution in [0.25, 0.3) is 0 Å². The summed E-state index contributed by atoms with van der Waals surface area (Å²) in [5.74, 6) is 0. The Labute approximate surface area is 138 Å². The van der Waals surface area contributed by atoms with Crippen LogP contribution in [-0.2, 0) is 13.0 Å². The van der Waals surface area contributed by atoms with Gasteiger partial charge in [-0.05, 0) is 36.6 Å². The van der Waals surface area contributed by atoms with Gasteiger partial charge in [0.25, 0.3) is 0 Å². The van der Waals surface area contributed by atoms with Crippen molar-refractivity contribution in [2.75, 3.05) is 19.6 Å². The molecule has 0 spiro atoms. The van der Waals surface area contributed by atoms with E-state index in [1.807, 2.05) is 12.1 Å². The predicted octanol–water partition coefficient (Wildman–Crippen LogP) is 3.66. The van der Waals surface area contributed by atoms with E-state index in [1.165, 1.54) is 16.7 Å². The Hall–Kier alpha value is -1.35. The van der Waals surface area contributed by atoms with Gasteiger partial charge in [0.05, 0.1) is 0 Å². The fraction of sp³-hybridized carbons (Fsp3) is 0.368. The molecule has 0 aromatic heterocycles. The molecule has 2 aromatic rings. The lowest BCUT2D eigenvalue weighted by Gasteiger charge is -2.36. The molecule has 0 aliphatic carbocycles. The molecule has 0 radical (unpaired) electrons. The summed E-state index contributed by atoms with van der Waals surface area (Å²) in [6.07, 6.45) is 1.10. The van der Waals surface area contributed by atoms with Crippen LogP contribution in [0.15, 0.2) is 48.5 Å². The third-order valence-corrected chi connectivity index (χ3v) is 4.61. The highest BCUT2D eigenvalue weighted by Crippen LogP contribution is 2.17. The van der Waals surface area contributed by atoms with E-state index < -0.39 is 0 Å². The molecule has 1 aliphatic heterocycles. The number of benzene rings is 2. The number of aryl methyl sites for hydroxylation is 1. The fourth-order valence-electron chi connectivity index (χ4n) is 3.03. The van der Waals surface area contributed by atoms with Crippen molar-refractivity contribution in [1.82, 2.24) is 10.2 Å². The number of halogens is 1. The number of hydrogen-bond acceptors (Lipinski definition) is 2. The highest BCUT2D eigenvalue weighted by molar-refractivity contribution is 6.30. The highest BCUT2D eigenvalue weighted by atomic mass is 35.5. The zero-order chi connectivity index (χ0) is 15.4. The zero-order valence-corrected chi connectivity index (χ0v) is 13.8. The number of piperazine rings is 1. The number of nitrogens with zero attached hydrogens (tertiary/aromatic N) is 1. The largest absolute Gasteiger partial charge is 0.314 e. The minimum absolute atomic E-state index is 0.548. The van der Waals surface area contributed by atoms with Crippen LogP contribution >= 0.6 is 11.6 Å². The van der Waals surface area contributed by atoms with Crippen molar-refractivity contribution in [1.29, 1.82) is 0 Å². The molecule has 1 aliphatic rings. The Morgan fingerprint density at radius 3 is 2.45 bits per heavy atom. The molecule has 116 valence electrons. The zero-order valence-electron chi connectivity index (χ0n) is 13.1. The van der Waals surface area contributed by atoms with E-state index in [4.69, 9.17) is 11.6 Å². The maximum absolute atomic E-state index is 5.98. The molecule has 1 fully saturated rings. The quantitative estimate of drug-likeness (QED) is 0.926. The smallest absolute Gasteiger partial charge is 0.0406 e. The highest BCUT2D eigenvalue weighted by Gasteiger charge is 2.22. The van der Waals surface area contributed by atoms with E-state index in [9.17, 15) is 0 Å². The minimum Gasteiger partial charge on any atom is -0.314 e. The molecule has 0 amide bonds. The summed E-state index contributed by atoms with van der Waals surface area (Å²) in [4.78, 5) is 2.58. The molecule has 2 nitrogen and oxygen atoms in total. The van der Waals surface area contributed by atoms with Gasteiger partial charge in [0, 0.05) is 37.2 Å². The first-order valence-electron chi connectivity index (χ1n) is 7.95. The van der Waals surface area contributed by atoms with Gasteiger partial charge in [0.2, 0.25) is 0 Å². The summed E-state index contributed by atoms with van der Waals surface area (Å²) in [5, 5.41) is 4.33. The van der Waals surface area contributed by atoms with Crippen LogP contribution in [-0.4, -0.2) is 30.6 Å². The Bertz CT molecular complexity index is 536. The Kier molecular flexibility index (Phi) is 5.14. The summed E-state index contributed by atoms with van der Waals surface area (Å²) in [5.41, 5.74) is 4.07. The Balaban J connectivity index is 1.68. The average molecular weight is 315 g/mol. The van der Waals surface area contributed by atoms with Gasteiger partial charge in [0.1, 0.15) is 0 Å². The summed E-state index contributed by atoms with van der Waals surface area (Å²) in [6, 6.07) is 17.7. The lowest BCUT2D eigenvalue weighted by molar-refractivity contribution is 0.152. The molecule has 22 heavy (non-hydrogen) atoms. The summed E-state index contributed by atoms with van der Waals surface area (Å²) < 4.78 is 0. The Morgan fingerprint density at radius 2 is 1.73 bits per heavy atom. The van der Waals surface area contributed by atoms with Crippen molar-refractivity contribution in [3.8, 4) is 0 Å². The van der Waals surface area contributed by atoms with E-state index in [0.717, 1.165) is 37.6 Å². The maximum atomic E-state index is 5.98. The Morgan fingerprint density at radius 1 is 1.05 bits per heavy atom. The summed E-state index contributed by atoms with van der Waals surface area (Å²) >= 11 is 5.98. The van der Waals surface area contributed by atoms with E-state index >= 15 is 0 Å². The lowest BCUT2D eigenvalue weighted by atomic mass is 10.0. The second-order valence-corrected chi connectivity index (χ2v) is 6.58. The van der Waals surface area contributed by atoms with Gasteiger partial charge in [-0.1, -0.05) is 53.6 Å². The van der Waals surface area contributed by atoms with Crippen molar-refractivity contribution < 1.29 is 0 Å². The average Bonchev–Trinajstić information content (AvgIpc) is 2.54. The van der Waals surface area contributed by atoms with Crippen molar-refractivity contribution in [3.05, 3.63) is 70.2 Å². The number of hydrogen-bond donors (Lipinski definition) is 1. The second kappa shape index (κ2) is 7.28. The molecule has 0 saturated carbocycles. The molecule has 3 rings (SSSR count). The van der Waals surface area contributed by atoms with Crippen molar-refractivity contribution in [2.24, 2.45) is 0 Å². The second-order valence-electron chi connectivity index (χ2n) is 6.14. The van der Waals surface area contributed by atoms with Crippen LogP contribution in [0, 0.1) is 6.92 Å². The van der Waals surface area contributed by atoms with Gasteiger partial charge >= 0.3 is 0 Å². The minimum atomic E-state index is 0.548. The SMILES string of the molecule is Cc1ccc(CC2CNCCN2Cc2ccc(Cl)cc2)cc1. The van der Waals surface area contributed by atoms with Crippen LogP contribution < -0.4 is 5.32 Å². The normalized spacial score (nSPS) is 19.3. The fourth-order valence-corrected chi connectivity index (χ4v) is 3.16. The third kappa shape index (κ3) is 4.10. The van der Waals surface area contributed by atoms with Crippen LogP contribution in [0.5, 0.6) is 0 Å². The van der Waals surface area contributed by atoms with Crippen LogP contribution in [0.3, 0.4) is 0 Å².